The quantitative estimate of drug-likeness (QED) is 0.577. The molecule has 1 aromatic carbocycles. The second kappa shape index (κ2) is 3.98. The first kappa shape index (κ1) is 9.97. The molecule has 3 aromatic rings. The van der Waals surface area contributed by atoms with E-state index >= 15 is 0 Å². The predicted octanol–water partition coefficient (Wildman–Crippen LogP) is 2.73. The second-order valence-electron chi connectivity index (χ2n) is 4.16. The van der Waals surface area contributed by atoms with Crippen LogP contribution in [0.5, 0.6) is 0 Å². The molecule has 2 heteroatoms. The smallest absolute Gasteiger partial charge is 0.169 e. The monoisotopic (exact) mass is 221 g/mol. The number of nitrogens with zero attached hydrogens (tertiary/aromatic N) is 2. The molecule has 0 aliphatic heterocycles. The van der Waals surface area contributed by atoms with Gasteiger partial charge in [-0.15, -0.1) is 0 Å². The lowest BCUT2D eigenvalue weighted by Gasteiger charge is -2.04. The van der Waals surface area contributed by atoms with Gasteiger partial charge in [0, 0.05) is 35.5 Å². The van der Waals surface area contributed by atoms with E-state index < -0.39 is 0 Å². The molecule has 0 amide bonds. The highest BCUT2D eigenvalue weighted by Gasteiger charge is 2.04. The van der Waals surface area contributed by atoms with Gasteiger partial charge in [-0.3, -0.25) is 4.98 Å². The van der Waals surface area contributed by atoms with E-state index in [1.807, 2.05) is 30.1 Å². The molecule has 0 radical (unpaired) electrons. The Balaban J connectivity index is 2.27. The SMILES string of the molecule is C[n+]1ccc(-c2cncc3ccccc23)cc1. The molecule has 0 N–H and O–H groups in total. The van der Waals surface area contributed by atoms with Gasteiger partial charge in [-0.25, -0.2) is 4.57 Å². The van der Waals surface area contributed by atoms with Crippen LogP contribution >= 0.6 is 0 Å². The van der Waals surface area contributed by atoms with E-state index in [-0.39, 0.29) is 0 Å². The zero-order valence-corrected chi connectivity index (χ0v) is 9.67. The van der Waals surface area contributed by atoms with Crippen molar-refractivity contribution in [2.75, 3.05) is 0 Å². The molecule has 17 heavy (non-hydrogen) atoms. The highest BCUT2D eigenvalue weighted by molar-refractivity contribution is 5.95. The van der Waals surface area contributed by atoms with Crippen molar-refractivity contribution in [1.29, 1.82) is 0 Å². The molecule has 0 fully saturated rings. The number of rotatable bonds is 1. The van der Waals surface area contributed by atoms with Crippen LogP contribution in [0.2, 0.25) is 0 Å². The van der Waals surface area contributed by atoms with Crippen molar-refractivity contribution < 1.29 is 4.57 Å². The van der Waals surface area contributed by atoms with Gasteiger partial charge in [0.2, 0.25) is 0 Å². The van der Waals surface area contributed by atoms with Gasteiger partial charge in [-0.2, -0.15) is 0 Å². The normalized spacial score (nSPS) is 10.6. The summed E-state index contributed by atoms with van der Waals surface area (Å²) in [7, 11) is 2.02. The van der Waals surface area contributed by atoms with Crippen LogP contribution in [0.25, 0.3) is 21.9 Å². The van der Waals surface area contributed by atoms with E-state index in [0.29, 0.717) is 0 Å². The molecule has 2 nitrogen and oxygen atoms in total. The molecular weight excluding hydrogens is 208 g/mol. The number of pyridine rings is 2. The first-order chi connectivity index (χ1) is 8.34. The fraction of sp³-hybridized carbons (Fsp3) is 0.0667. The lowest BCUT2D eigenvalue weighted by molar-refractivity contribution is -0.671. The molecule has 0 saturated carbocycles. The van der Waals surface area contributed by atoms with E-state index in [4.69, 9.17) is 0 Å². The van der Waals surface area contributed by atoms with Crippen molar-refractivity contribution in [3.8, 4) is 11.1 Å². The number of aryl methyl sites for hydroxylation is 1. The van der Waals surface area contributed by atoms with Crippen molar-refractivity contribution in [2.45, 2.75) is 0 Å². The summed E-state index contributed by atoms with van der Waals surface area (Å²) in [5.41, 5.74) is 2.39. The molecule has 0 atom stereocenters. The van der Waals surface area contributed by atoms with Crippen molar-refractivity contribution in [3.05, 3.63) is 61.2 Å². The van der Waals surface area contributed by atoms with Crippen LogP contribution in [0, 0.1) is 0 Å². The van der Waals surface area contributed by atoms with Gasteiger partial charge in [0.1, 0.15) is 7.05 Å². The van der Waals surface area contributed by atoms with Crippen LogP contribution in [0.15, 0.2) is 61.2 Å². The molecule has 0 aliphatic rings. The summed E-state index contributed by atoms with van der Waals surface area (Å²) in [4.78, 5) is 4.30. The van der Waals surface area contributed by atoms with Crippen molar-refractivity contribution in [3.63, 3.8) is 0 Å². The zero-order chi connectivity index (χ0) is 11.7. The molecule has 82 valence electrons. The number of aromatic nitrogens is 2. The molecular formula is C15H13N2+. The first-order valence-electron chi connectivity index (χ1n) is 5.63. The van der Waals surface area contributed by atoms with Gasteiger partial charge in [-0.1, -0.05) is 24.3 Å². The van der Waals surface area contributed by atoms with Crippen LogP contribution in [0.3, 0.4) is 0 Å². The van der Waals surface area contributed by atoms with Crippen molar-refractivity contribution in [2.24, 2.45) is 7.05 Å². The highest BCUT2D eigenvalue weighted by atomic mass is 14.9. The summed E-state index contributed by atoms with van der Waals surface area (Å²) < 4.78 is 2.03. The van der Waals surface area contributed by atoms with E-state index in [1.165, 1.54) is 21.9 Å². The van der Waals surface area contributed by atoms with Crippen LogP contribution in [-0.2, 0) is 7.05 Å². The van der Waals surface area contributed by atoms with Gasteiger partial charge >= 0.3 is 0 Å². The average Bonchev–Trinajstić information content (AvgIpc) is 2.39. The fourth-order valence-corrected chi connectivity index (χ4v) is 2.03. The minimum Gasteiger partial charge on any atom is -0.263 e. The number of hydrogen-bond acceptors (Lipinski definition) is 1. The van der Waals surface area contributed by atoms with E-state index in [2.05, 4.69) is 47.7 Å². The Bertz CT molecular complexity index is 652. The molecule has 0 bridgehead atoms. The van der Waals surface area contributed by atoms with E-state index in [1.54, 1.807) is 0 Å². The van der Waals surface area contributed by atoms with Crippen LogP contribution < -0.4 is 4.57 Å². The standard InChI is InChI=1S/C15H13N2/c1-17-8-6-12(7-9-17)15-11-16-10-13-4-2-3-5-14(13)15/h2-11H,1H3/q+1. The first-order valence-corrected chi connectivity index (χ1v) is 5.63. The molecule has 3 rings (SSSR count). The highest BCUT2D eigenvalue weighted by Crippen LogP contribution is 2.26. The Hall–Kier alpha value is -2.22. The average molecular weight is 221 g/mol. The lowest BCUT2D eigenvalue weighted by Crippen LogP contribution is -2.25. The Morgan fingerprint density at radius 3 is 2.53 bits per heavy atom. The maximum absolute atomic E-state index is 4.30. The maximum Gasteiger partial charge on any atom is 0.169 e. The molecule has 2 aromatic heterocycles. The molecule has 2 heterocycles. The maximum atomic E-state index is 4.30. The van der Waals surface area contributed by atoms with Gasteiger partial charge in [0.05, 0.1) is 0 Å². The summed E-state index contributed by atoms with van der Waals surface area (Å²) in [6, 6.07) is 12.6. The van der Waals surface area contributed by atoms with Crippen LogP contribution in [0.4, 0.5) is 0 Å². The lowest BCUT2D eigenvalue weighted by atomic mass is 10.0. The summed E-state index contributed by atoms with van der Waals surface area (Å²) in [6.07, 6.45) is 7.94. The molecule has 0 unspecified atom stereocenters. The summed E-state index contributed by atoms with van der Waals surface area (Å²) in [6.45, 7) is 0. The molecule has 0 aliphatic carbocycles. The summed E-state index contributed by atoms with van der Waals surface area (Å²) in [5, 5.41) is 2.43. The summed E-state index contributed by atoms with van der Waals surface area (Å²) in [5.74, 6) is 0. The van der Waals surface area contributed by atoms with Crippen LogP contribution in [-0.4, -0.2) is 4.98 Å². The van der Waals surface area contributed by atoms with E-state index in [9.17, 15) is 0 Å². The van der Waals surface area contributed by atoms with Gasteiger partial charge in [0.15, 0.2) is 12.4 Å². The largest absolute Gasteiger partial charge is 0.263 e. The summed E-state index contributed by atoms with van der Waals surface area (Å²) >= 11 is 0. The third-order valence-corrected chi connectivity index (χ3v) is 2.96. The van der Waals surface area contributed by atoms with E-state index in [0.717, 1.165) is 0 Å². The minimum absolute atomic E-state index is 1.18. The third kappa shape index (κ3) is 1.78. The zero-order valence-electron chi connectivity index (χ0n) is 9.67. The Morgan fingerprint density at radius 2 is 1.71 bits per heavy atom. The predicted molar refractivity (Wildman–Crippen MR) is 68.4 cm³/mol. The van der Waals surface area contributed by atoms with Gasteiger partial charge in [-0.05, 0) is 10.9 Å². The minimum atomic E-state index is 1.18. The third-order valence-electron chi connectivity index (χ3n) is 2.96. The Morgan fingerprint density at radius 1 is 0.941 bits per heavy atom. The van der Waals surface area contributed by atoms with Crippen LogP contribution in [0.1, 0.15) is 0 Å². The van der Waals surface area contributed by atoms with Crippen molar-refractivity contribution in [1.82, 2.24) is 4.98 Å². The molecule has 0 spiro atoms. The number of hydrogen-bond donors (Lipinski definition) is 0. The van der Waals surface area contributed by atoms with Gasteiger partial charge < -0.3 is 0 Å². The Labute approximate surface area is 100 Å². The van der Waals surface area contributed by atoms with Crippen molar-refractivity contribution >= 4 is 10.8 Å². The number of benzene rings is 1. The Kier molecular flexibility index (Phi) is 2.33. The number of fused-ring (bicyclic) bond motifs is 1. The molecule has 0 saturated heterocycles. The topological polar surface area (TPSA) is 16.8 Å². The second-order valence-corrected chi connectivity index (χ2v) is 4.16. The fourth-order valence-electron chi connectivity index (χ4n) is 2.03. The van der Waals surface area contributed by atoms with Gasteiger partial charge in [0.25, 0.3) is 0 Å².